The van der Waals surface area contributed by atoms with Crippen LogP contribution in [0.4, 0.5) is 11.4 Å². The summed E-state index contributed by atoms with van der Waals surface area (Å²) in [6.45, 7) is 2.26. The van der Waals surface area contributed by atoms with Crippen LogP contribution in [0.15, 0.2) is 67.0 Å². The zero-order valence-corrected chi connectivity index (χ0v) is 13.4. The Morgan fingerprint density at radius 2 is 1.75 bits per heavy atom. The Morgan fingerprint density at radius 3 is 2.54 bits per heavy atom. The van der Waals surface area contributed by atoms with Crippen molar-refractivity contribution in [3.63, 3.8) is 0 Å². The summed E-state index contributed by atoms with van der Waals surface area (Å²) >= 11 is 0. The molecule has 0 saturated carbocycles. The number of rotatable bonds is 5. The molecule has 2 N–H and O–H groups in total. The summed E-state index contributed by atoms with van der Waals surface area (Å²) in [7, 11) is 0. The molecule has 0 unspecified atom stereocenters. The third-order valence-electron chi connectivity index (χ3n) is 3.51. The first-order valence-electron chi connectivity index (χ1n) is 7.69. The molecule has 3 rings (SSSR count). The largest absolute Gasteiger partial charge is 0.355 e. The predicted octanol–water partition coefficient (Wildman–Crippen LogP) is 3.46. The molecule has 2 aromatic carbocycles. The molecule has 0 radical (unpaired) electrons. The maximum absolute atomic E-state index is 12.5. The standard InChI is InChI=1S/C19H18N4O/c1-14-11-16(22-13-21-14)12-20-19(24)17-9-5-6-10-18(17)23-15-7-3-2-4-8-15/h2-11,13,23H,12H2,1H3,(H,20,24). The van der Waals surface area contributed by atoms with Gasteiger partial charge in [-0.3, -0.25) is 4.79 Å². The van der Waals surface area contributed by atoms with Gasteiger partial charge < -0.3 is 10.6 Å². The highest BCUT2D eigenvalue weighted by Gasteiger charge is 2.11. The van der Waals surface area contributed by atoms with Gasteiger partial charge in [-0.25, -0.2) is 9.97 Å². The molecule has 1 aromatic heterocycles. The predicted molar refractivity (Wildman–Crippen MR) is 94.1 cm³/mol. The van der Waals surface area contributed by atoms with Gasteiger partial charge in [-0.1, -0.05) is 30.3 Å². The lowest BCUT2D eigenvalue weighted by atomic mass is 10.1. The van der Waals surface area contributed by atoms with Crippen LogP contribution >= 0.6 is 0 Å². The Bertz CT molecular complexity index is 834. The molecule has 24 heavy (non-hydrogen) atoms. The highest BCUT2D eigenvalue weighted by atomic mass is 16.1. The van der Waals surface area contributed by atoms with Crippen LogP contribution in [-0.2, 0) is 6.54 Å². The van der Waals surface area contributed by atoms with Crippen LogP contribution in [0.2, 0.25) is 0 Å². The molecule has 0 spiro atoms. The lowest BCUT2D eigenvalue weighted by Crippen LogP contribution is -2.24. The monoisotopic (exact) mass is 318 g/mol. The van der Waals surface area contributed by atoms with E-state index in [2.05, 4.69) is 20.6 Å². The number of carbonyl (C=O) groups excluding carboxylic acids is 1. The van der Waals surface area contributed by atoms with Crippen LogP contribution in [0.5, 0.6) is 0 Å². The normalized spacial score (nSPS) is 10.2. The molecule has 0 atom stereocenters. The van der Waals surface area contributed by atoms with Crippen molar-refractivity contribution in [3.8, 4) is 0 Å². The number of aryl methyl sites for hydroxylation is 1. The van der Waals surface area contributed by atoms with E-state index in [1.165, 1.54) is 6.33 Å². The fourth-order valence-electron chi connectivity index (χ4n) is 2.34. The van der Waals surface area contributed by atoms with Gasteiger partial charge in [0.2, 0.25) is 0 Å². The van der Waals surface area contributed by atoms with Gasteiger partial charge in [0.25, 0.3) is 5.91 Å². The number of aromatic nitrogens is 2. The molecule has 3 aromatic rings. The number of hydrogen-bond donors (Lipinski definition) is 2. The van der Waals surface area contributed by atoms with Crippen molar-refractivity contribution in [3.05, 3.63) is 83.9 Å². The Balaban J connectivity index is 1.73. The van der Waals surface area contributed by atoms with Gasteiger partial charge >= 0.3 is 0 Å². The summed E-state index contributed by atoms with van der Waals surface area (Å²) in [5.41, 5.74) is 3.95. The molecular formula is C19H18N4O. The third kappa shape index (κ3) is 3.95. The van der Waals surface area contributed by atoms with Crippen molar-refractivity contribution in [1.29, 1.82) is 0 Å². The van der Waals surface area contributed by atoms with Crippen LogP contribution in [0.25, 0.3) is 0 Å². The van der Waals surface area contributed by atoms with Crippen LogP contribution in [-0.4, -0.2) is 15.9 Å². The number of nitrogens with one attached hydrogen (secondary N) is 2. The number of benzene rings is 2. The molecule has 0 aliphatic heterocycles. The van der Waals surface area contributed by atoms with Crippen molar-refractivity contribution >= 4 is 17.3 Å². The number of amides is 1. The highest BCUT2D eigenvalue weighted by Crippen LogP contribution is 2.20. The van der Waals surface area contributed by atoms with E-state index in [-0.39, 0.29) is 5.91 Å². The third-order valence-corrected chi connectivity index (χ3v) is 3.51. The molecule has 120 valence electrons. The van der Waals surface area contributed by atoms with Crippen molar-refractivity contribution < 1.29 is 4.79 Å². The first-order chi connectivity index (χ1) is 11.7. The van der Waals surface area contributed by atoms with E-state index < -0.39 is 0 Å². The number of para-hydroxylation sites is 2. The van der Waals surface area contributed by atoms with Crippen molar-refractivity contribution in [2.24, 2.45) is 0 Å². The summed E-state index contributed by atoms with van der Waals surface area (Å²) < 4.78 is 0. The highest BCUT2D eigenvalue weighted by molar-refractivity contribution is 6.00. The van der Waals surface area contributed by atoms with Gasteiger partial charge in [0.15, 0.2) is 0 Å². The van der Waals surface area contributed by atoms with Crippen LogP contribution in [0.3, 0.4) is 0 Å². The molecular weight excluding hydrogens is 300 g/mol. The number of carbonyl (C=O) groups is 1. The van der Waals surface area contributed by atoms with Crippen LogP contribution < -0.4 is 10.6 Å². The molecule has 0 aliphatic carbocycles. The van der Waals surface area contributed by atoms with Gasteiger partial charge in [0.1, 0.15) is 6.33 Å². The molecule has 0 fully saturated rings. The van der Waals surface area contributed by atoms with E-state index >= 15 is 0 Å². The fourth-order valence-corrected chi connectivity index (χ4v) is 2.34. The SMILES string of the molecule is Cc1cc(CNC(=O)c2ccccc2Nc2ccccc2)ncn1. The van der Waals surface area contributed by atoms with Crippen molar-refractivity contribution in [1.82, 2.24) is 15.3 Å². The molecule has 5 nitrogen and oxygen atoms in total. The maximum atomic E-state index is 12.5. The fraction of sp³-hybridized carbons (Fsp3) is 0.105. The first kappa shape index (κ1) is 15.7. The Kier molecular flexibility index (Phi) is 4.81. The number of anilines is 2. The van der Waals surface area contributed by atoms with E-state index in [4.69, 9.17) is 0 Å². The zero-order valence-electron chi connectivity index (χ0n) is 13.4. The van der Waals surface area contributed by atoms with E-state index in [0.29, 0.717) is 12.1 Å². The second kappa shape index (κ2) is 7.37. The van der Waals surface area contributed by atoms with Gasteiger partial charge in [0.05, 0.1) is 23.5 Å². The summed E-state index contributed by atoms with van der Waals surface area (Å²) in [4.78, 5) is 20.7. The summed E-state index contributed by atoms with van der Waals surface area (Å²) in [6.07, 6.45) is 1.50. The maximum Gasteiger partial charge on any atom is 0.253 e. The first-order valence-corrected chi connectivity index (χ1v) is 7.69. The molecule has 0 aliphatic rings. The van der Waals surface area contributed by atoms with E-state index in [1.54, 1.807) is 6.07 Å². The minimum Gasteiger partial charge on any atom is -0.355 e. The van der Waals surface area contributed by atoms with E-state index in [0.717, 1.165) is 22.8 Å². The smallest absolute Gasteiger partial charge is 0.253 e. The average molecular weight is 318 g/mol. The Hall–Kier alpha value is -3.21. The van der Waals surface area contributed by atoms with Gasteiger partial charge in [0, 0.05) is 11.4 Å². The molecule has 0 bridgehead atoms. The Labute approximate surface area is 140 Å². The van der Waals surface area contributed by atoms with Gasteiger partial charge in [-0.15, -0.1) is 0 Å². The second-order valence-electron chi connectivity index (χ2n) is 5.37. The van der Waals surface area contributed by atoms with Gasteiger partial charge in [-0.05, 0) is 37.3 Å². The molecule has 1 amide bonds. The van der Waals surface area contributed by atoms with E-state index in [9.17, 15) is 4.79 Å². The topological polar surface area (TPSA) is 66.9 Å². The molecule has 0 saturated heterocycles. The minimum absolute atomic E-state index is 0.148. The zero-order chi connectivity index (χ0) is 16.8. The summed E-state index contributed by atoms with van der Waals surface area (Å²) in [6, 6.07) is 19.0. The van der Waals surface area contributed by atoms with E-state index in [1.807, 2.05) is 61.5 Å². The molecule has 5 heteroatoms. The quantitative estimate of drug-likeness (QED) is 0.756. The lowest BCUT2D eigenvalue weighted by molar-refractivity contribution is 0.0951. The lowest BCUT2D eigenvalue weighted by Gasteiger charge is -2.12. The van der Waals surface area contributed by atoms with Crippen molar-refractivity contribution in [2.75, 3.05) is 5.32 Å². The van der Waals surface area contributed by atoms with Crippen molar-refractivity contribution in [2.45, 2.75) is 13.5 Å². The van der Waals surface area contributed by atoms with Gasteiger partial charge in [-0.2, -0.15) is 0 Å². The summed E-state index contributed by atoms with van der Waals surface area (Å²) in [5, 5.41) is 6.17. The molecule has 1 heterocycles. The number of hydrogen-bond acceptors (Lipinski definition) is 4. The summed E-state index contributed by atoms with van der Waals surface area (Å²) in [5.74, 6) is -0.148. The second-order valence-corrected chi connectivity index (χ2v) is 5.37. The average Bonchev–Trinajstić information content (AvgIpc) is 2.61. The van der Waals surface area contributed by atoms with Crippen LogP contribution in [0.1, 0.15) is 21.7 Å². The van der Waals surface area contributed by atoms with Crippen LogP contribution in [0, 0.1) is 6.92 Å². The minimum atomic E-state index is -0.148. The number of nitrogens with zero attached hydrogens (tertiary/aromatic N) is 2. The Morgan fingerprint density at radius 1 is 1.00 bits per heavy atom.